The molecule has 0 aliphatic rings. The minimum atomic E-state index is -0.454. The fourth-order valence-electron chi connectivity index (χ4n) is 3.08. The average molecular weight is 411 g/mol. The van der Waals surface area contributed by atoms with Gasteiger partial charge in [0.1, 0.15) is 5.69 Å². The Morgan fingerprint density at radius 2 is 1.81 bits per heavy atom. The molecule has 2 N–H and O–H groups in total. The normalized spacial score (nSPS) is 11.4. The molecule has 0 unspecified atom stereocenters. The van der Waals surface area contributed by atoms with Gasteiger partial charge in [0.05, 0.1) is 16.2 Å². The summed E-state index contributed by atoms with van der Waals surface area (Å²) in [6.07, 6.45) is 4.40. The first kappa shape index (κ1) is 19.7. The quantitative estimate of drug-likeness (QED) is 0.275. The SMILES string of the molecule is O=C(N/N=C\C=C/c1ccccc1[N+](=O)[O-])c1cc(-c2ccc3ccccc3c2)n[nH]1. The molecular weight excluding hydrogens is 394 g/mol. The average Bonchev–Trinajstić information content (AvgIpc) is 3.29. The van der Waals surface area contributed by atoms with Crippen LogP contribution >= 0.6 is 0 Å². The molecule has 0 aliphatic carbocycles. The molecule has 0 bridgehead atoms. The van der Waals surface area contributed by atoms with E-state index in [0.29, 0.717) is 11.3 Å². The number of hydrazone groups is 1. The number of fused-ring (bicyclic) bond motifs is 1. The van der Waals surface area contributed by atoms with Gasteiger partial charge >= 0.3 is 0 Å². The van der Waals surface area contributed by atoms with Crippen LogP contribution in [0.3, 0.4) is 0 Å². The second-order valence-corrected chi connectivity index (χ2v) is 6.62. The second-order valence-electron chi connectivity index (χ2n) is 6.62. The molecule has 0 fully saturated rings. The number of hydrogen-bond acceptors (Lipinski definition) is 5. The molecule has 4 rings (SSSR count). The zero-order valence-corrected chi connectivity index (χ0v) is 16.2. The second kappa shape index (κ2) is 8.83. The van der Waals surface area contributed by atoms with Gasteiger partial charge in [0.15, 0.2) is 0 Å². The van der Waals surface area contributed by atoms with Gasteiger partial charge < -0.3 is 0 Å². The van der Waals surface area contributed by atoms with Crippen LogP contribution < -0.4 is 5.43 Å². The Morgan fingerprint density at radius 1 is 1.03 bits per heavy atom. The summed E-state index contributed by atoms with van der Waals surface area (Å²) in [5, 5.41) is 24.0. The van der Waals surface area contributed by atoms with Crippen molar-refractivity contribution in [3.8, 4) is 11.3 Å². The van der Waals surface area contributed by atoms with Crippen LogP contribution in [0, 0.1) is 10.1 Å². The largest absolute Gasteiger partial charge is 0.289 e. The maximum absolute atomic E-state index is 12.3. The summed E-state index contributed by atoms with van der Waals surface area (Å²) in [7, 11) is 0. The Labute approximate surface area is 177 Å². The third-order valence-electron chi connectivity index (χ3n) is 4.60. The van der Waals surface area contributed by atoms with E-state index in [9.17, 15) is 14.9 Å². The van der Waals surface area contributed by atoms with Crippen LogP contribution in [0.2, 0.25) is 0 Å². The molecule has 0 radical (unpaired) electrons. The minimum absolute atomic E-state index is 0.00475. The van der Waals surface area contributed by atoms with Crippen molar-refractivity contribution in [2.24, 2.45) is 5.10 Å². The van der Waals surface area contributed by atoms with Crippen molar-refractivity contribution < 1.29 is 9.72 Å². The number of nitro benzene ring substituents is 1. The highest BCUT2D eigenvalue weighted by atomic mass is 16.6. The number of carbonyl (C=O) groups is 1. The van der Waals surface area contributed by atoms with Crippen molar-refractivity contribution in [3.05, 3.63) is 100 Å². The molecule has 0 aliphatic heterocycles. The number of aromatic amines is 1. The lowest BCUT2D eigenvalue weighted by Gasteiger charge is -2.00. The fraction of sp³-hybridized carbons (Fsp3) is 0. The van der Waals surface area contributed by atoms with Crippen LogP contribution in [0.1, 0.15) is 16.1 Å². The van der Waals surface area contributed by atoms with Crippen molar-refractivity contribution in [1.29, 1.82) is 0 Å². The Bertz CT molecular complexity index is 1320. The Hall–Kier alpha value is -4.59. The highest BCUT2D eigenvalue weighted by molar-refractivity contribution is 5.94. The number of benzene rings is 3. The van der Waals surface area contributed by atoms with E-state index in [1.165, 1.54) is 18.4 Å². The van der Waals surface area contributed by atoms with E-state index in [0.717, 1.165) is 16.3 Å². The predicted molar refractivity (Wildman–Crippen MR) is 120 cm³/mol. The maximum Gasteiger partial charge on any atom is 0.289 e. The number of carbonyl (C=O) groups excluding carboxylic acids is 1. The van der Waals surface area contributed by atoms with Crippen molar-refractivity contribution in [1.82, 2.24) is 15.6 Å². The Kier molecular flexibility index (Phi) is 5.62. The molecule has 0 spiro atoms. The molecule has 3 aromatic carbocycles. The highest BCUT2D eigenvalue weighted by Crippen LogP contribution is 2.23. The molecule has 1 heterocycles. The van der Waals surface area contributed by atoms with Gasteiger partial charge in [-0.15, -0.1) is 0 Å². The molecule has 152 valence electrons. The third-order valence-corrected chi connectivity index (χ3v) is 4.60. The van der Waals surface area contributed by atoms with E-state index in [2.05, 4.69) is 20.7 Å². The zero-order valence-electron chi connectivity index (χ0n) is 16.2. The van der Waals surface area contributed by atoms with Crippen LogP contribution in [-0.4, -0.2) is 27.2 Å². The summed E-state index contributed by atoms with van der Waals surface area (Å²) >= 11 is 0. The molecule has 1 amide bonds. The van der Waals surface area contributed by atoms with Crippen LogP contribution in [0.4, 0.5) is 5.69 Å². The molecule has 31 heavy (non-hydrogen) atoms. The zero-order chi connectivity index (χ0) is 21.6. The summed E-state index contributed by atoms with van der Waals surface area (Å²) < 4.78 is 0. The van der Waals surface area contributed by atoms with Gasteiger partial charge in [-0.3, -0.25) is 20.0 Å². The molecule has 8 heteroatoms. The topological polar surface area (TPSA) is 113 Å². The third kappa shape index (κ3) is 4.54. The summed E-state index contributed by atoms with van der Waals surface area (Å²) in [6, 6.07) is 22.0. The van der Waals surface area contributed by atoms with E-state index in [4.69, 9.17) is 0 Å². The van der Waals surface area contributed by atoms with Crippen LogP contribution in [-0.2, 0) is 0 Å². The monoisotopic (exact) mass is 411 g/mol. The number of H-pyrrole nitrogens is 1. The van der Waals surface area contributed by atoms with E-state index in [1.807, 2.05) is 42.5 Å². The van der Waals surface area contributed by atoms with Gasteiger partial charge in [0, 0.05) is 17.8 Å². The highest BCUT2D eigenvalue weighted by Gasteiger charge is 2.11. The van der Waals surface area contributed by atoms with Crippen molar-refractivity contribution in [2.45, 2.75) is 0 Å². The van der Waals surface area contributed by atoms with Gasteiger partial charge in [0.2, 0.25) is 0 Å². The molecule has 4 aromatic rings. The van der Waals surface area contributed by atoms with Crippen LogP contribution in [0.5, 0.6) is 0 Å². The summed E-state index contributed by atoms with van der Waals surface area (Å²) in [4.78, 5) is 22.8. The predicted octanol–water partition coefficient (Wildman–Crippen LogP) is 4.57. The van der Waals surface area contributed by atoms with Crippen LogP contribution in [0.25, 0.3) is 28.1 Å². The van der Waals surface area contributed by atoms with Crippen molar-refractivity contribution in [3.63, 3.8) is 0 Å². The maximum atomic E-state index is 12.3. The lowest BCUT2D eigenvalue weighted by atomic mass is 10.1. The number of amides is 1. The number of nitrogens with one attached hydrogen (secondary N) is 2. The first-order chi connectivity index (χ1) is 15.1. The fourth-order valence-corrected chi connectivity index (χ4v) is 3.08. The minimum Gasteiger partial charge on any atom is -0.272 e. The number of allylic oxidation sites excluding steroid dienone is 1. The number of aromatic nitrogens is 2. The van der Waals surface area contributed by atoms with Crippen molar-refractivity contribution >= 4 is 34.7 Å². The lowest BCUT2D eigenvalue weighted by Crippen LogP contribution is -2.17. The van der Waals surface area contributed by atoms with E-state index in [-0.39, 0.29) is 11.4 Å². The van der Waals surface area contributed by atoms with Crippen LogP contribution in [0.15, 0.2) is 84.0 Å². The summed E-state index contributed by atoms with van der Waals surface area (Å²) in [5.74, 6) is -0.449. The number of para-hydroxylation sites is 1. The first-order valence-electron chi connectivity index (χ1n) is 9.40. The molecule has 0 saturated heterocycles. The summed E-state index contributed by atoms with van der Waals surface area (Å²) in [6.45, 7) is 0. The summed E-state index contributed by atoms with van der Waals surface area (Å²) in [5.41, 5.74) is 4.64. The van der Waals surface area contributed by atoms with Crippen molar-refractivity contribution in [2.75, 3.05) is 0 Å². The smallest absolute Gasteiger partial charge is 0.272 e. The van der Waals surface area contributed by atoms with Gasteiger partial charge in [-0.1, -0.05) is 48.5 Å². The van der Waals surface area contributed by atoms with E-state index < -0.39 is 10.8 Å². The number of nitro groups is 1. The van der Waals surface area contributed by atoms with Gasteiger partial charge in [-0.2, -0.15) is 10.2 Å². The Balaban J connectivity index is 1.40. The standard InChI is InChI=1S/C23H17N5O3/c29-23(27-24-13-5-9-17-7-3-4-10-22(17)28(30)31)21-15-20(25-26-21)19-12-11-16-6-1-2-8-18(16)14-19/h1-15H,(H,25,26)(H,27,29)/b9-5-,24-13-. The molecule has 8 nitrogen and oxygen atoms in total. The number of hydrogen-bond donors (Lipinski definition) is 2. The Morgan fingerprint density at radius 3 is 2.65 bits per heavy atom. The number of rotatable bonds is 6. The van der Waals surface area contributed by atoms with E-state index >= 15 is 0 Å². The molecule has 1 aromatic heterocycles. The molecule has 0 saturated carbocycles. The lowest BCUT2D eigenvalue weighted by molar-refractivity contribution is -0.385. The first-order valence-corrected chi connectivity index (χ1v) is 9.40. The van der Waals surface area contributed by atoms with E-state index in [1.54, 1.807) is 30.3 Å². The van der Waals surface area contributed by atoms with Gasteiger partial charge in [-0.25, -0.2) is 5.43 Å². The molecular formula is C23H17N5O3. The van der Waals surface area contributed by atoms with Gasteiger partial charge in [0.25, 0.3) is 11.6 Å². The number of nitrogens with zero attached hydrogens (tertiary/aromatic N) is 3. The van der Waals surface area contributed by atoms with Gasteiger partial charge in [-0.05, 0) is 41.1 Å². The molecule has 0 atom stereocenters.